The molecular weight excluding hydrogens is 266 g/mol. The summed E-state index contributed by atoms with van der Waals surface area (Å²) in [5.74, 6) is 0.203. The summed E-state index contributed by atoms with van der Waals surface area (Å²) in [5.41, 5.74) is 0. The molecule has 4 atom stereocenters. The van der Waals surface area contributed by atoms with Gasteiger partial charge in [0.15, 0.2) is 0 Å². The first-order valence-corrected chi connectivity index (χ1v) is 8.54. The van der Waals surface area contributed by atoms with E-state index in [1.54, 1.807) is 0 Å². The largest absolute Gasteiger partial charge is 0.343 e. The van der Waals surface area contributed by atoms with Crippen LogP contribution in [0, 0.1) is 0 Å². The number of piperazine rings is 1. The molecular formula is C16H27N3O2. The second kappa shape index (κ2) is 5.95. The molecule has 118 valence electrons. The highest BCUT2D eigenvalue weighted by molar-refractivity contribution is 5.97. The number of rotatable bonds is 4. The quantitative estimate of drug-likeness (QED) is 0.845. The number of carbonyl (C=O) groups is 2. The number of hydrogen-bond acceptors (Lipinski definition) is 3. The summed E-state index contributed by atoms with van der Waals surface area (Å²) < 4.78 is 0. The zero-order valence-corrected chi connectivity index (χ0v) is 13.2. The van der Waals surface area contributed by atoms with Crippen molar-refractivity contribution in [2.24, 2.45) is 0 Å². The molecule has 3 rings (SSSR count). The van der Waals surface area contributed by atoms with Crippen LogP contribution in [0.1, 0.15) is 52.4 Å². The molecule has 4 unspecified atom stereocenters. The molecule has 2 amide bonds. The lowest BCUT2D eigenvalue weighted by atomic mass is 9.95. The van der Waals surface area contributed by atoms with Crippen LogP contribution in [0.3, 0.4) is 0 Å². The predicted octanol–water partition coefficient (Wildman–Crippen LogP) is 1.13. The Morgan fingerprint density at radius 1 is 1.14 bits per heavy atom. The lowest BCUT2D eigenvalue weighted by Gasteiger charge is -2.43. The van der Waals surface area contributed by atoms with E-state index in [-0.39, 0.29) is 29.9 Å². The van der Waals surface area contributed by atoms with Gasteiger partial charge in [0.25, 0.3) is 0 Å². The molecule has 0 spiro atoms. The second-order valence-corrected chi connectivity index (χ2v) is 6.62. The van der Waals surface area contributed by atoms with Crippen LogP contribution in [0.5, 0.6) is 0 Å². The molecule has 3 aliphatic rings. The van der Waals surface area contributed by atoms with Gasteiger partial charge in [-0.15, -0.1) is 0 Å². The number of hydrogen-bond donors (Lipinski definition) is 1. The maximum absolute atomic E-state index is 12.9. The number of nitrogens with one attached hydrogen (secondary N) is 1. The third-order valence-electron chi connectivity index (χ3n) is 5.40. The summed E-state index contributed by atoms with van der Waals surface area (Å²) in [6.07, 6.45) is 5.80. The Labute approximate surface area is 127 Å². The van der Waals surface area contributed by atoms with Crippen LogP contribution in [-0.2, 0) is 9.59 Å². The summed E-state index contributed by atoms with van der Waals surface area (Å²) in [6, 6.07) is 0.156. The van der Waals surface area contributed by atoms with Gasteiger partial charge in [-0.05, 0) is 38.6 Å². The first kappa shape index (κ1) is 14.8. The van der Waals surface area contributed by atoms with Crippen molar-refractivity contribution in [3.05, 3.63) is 0 Å². The molecule has 21 heavy (non-hydrogen) atoms. The molecule has 3 fully saturated rings. The van der Waals surface area contributed by atoms with Crippen molar-refractivity contribution in [2.75, 3.05) is 13.1 Å². The Bertz CT molecular complexity index is 426. The van der Waals surface area contributed by atoms with Crippen molar-refractivity contribution < 1.29 is 9.59 Å². The molecule has 0 aromatic carbocycles. The van der Waals surface area contributed by atoms with Crippen LogP contribution in [0.2, 0.25) is 0 Å². The van der Waals surface area contributed by atoms with E-state index in [9.17, 15) is 9.59 Å². The van der Waals surface area contributed by atoms with Crippen molar-refractivity contribution in [1.82, 2.24) is 15.1 Å². The van der Waals surface area contributed by atoms with Gasteiger partial charge in [0.2, 0.25) is 11.8 Å². The molecule has 0 aliphatic carbocycles. The Morgan fingerprint density at radius 2 is 1.95 bits per heavy atom. The predicted molar refractivity (Wildman–Crippen MR) is 80.8 cm³/mol. The third-order valence-corrected chi connectivity index (χ3v) is 5.40. The molecule has 3 aliphatic heterocycles. The van der Waals surface area contributed by atoms with Gasteiger partial charge in [-0.2, -0.15) is 0 Å². The van der Waals surface area contributed by atoms with Crippen LogP contribution in [0.25, 0.3) is 0 Å². The lowest BCUT2D eigenvalue weighted by Crippen LogP contribution is -2.66. The molecule has 0 aromatic rings. The summed E-state index contributed by atoms with van der Waals surface area (Å²) in [6.45, 7) is 6.30. The lowest BCUT2D eigenvalue weighted by molar-refractivity contribution is -0.153. The van der Waals surface area contributed by atoms with Gasteiger partial charge in [-0.1, -0.05) is 20.3 Å². The minimum absolute atomic E-state index is 0.0481. The first-order chi connectivity index (χ1) is 10.2. The minimum atomic E-state index is -0.305. The van der Waals surface area contributed by atoms with Gasteiger partial charge >= 0.3 is 0 Å². The topological polar surface area (TPSA) is 52.7 Å². The van der Waals surface area contributed by atoms with E-state index in [4.69, 9.17) is 0 Å². The standard InChI is InChI=1S/C16H27N3O2/c1-3-6-11-16(21)19(12(4-2)15(20)17-11)14-8-10-18-9-5-7-13(14)18/h11-14H,3-10H2,1-2H3,(H,17,20). The van der Waals surface area contributed by atoms with Crippen molar-refractivity contribution in [1.29, 1.82) is 0 Å². The summed E-state index contributed by atoms with van der Waals surface area (Å²) in [7, 11) is 0. The first-order valence-electron chi connectivity index (χ1n) is 8.54. The molecule has 1 N–H and O–H groups in total. The molecule has 0 radical (unpaired) electrons. The van der Waals surface area contributed by atoms with Gasteiger partial charge in [-0.25, -0.2) is 0 Å². The third kappa shape index (κ3) is 2.45. The zero-order valence-electron chi connectivity index (χ0n) is 13.2. The minimum Gasteiger partial charge on any atom is -0.343 e. The van der Waals surface area contributed by atoms with Gasteiger partial charge in [0.05, 0.1) is 0 Å². The van der Waals surface area contributed by atoms with Crippen LogP contribution in [-0.4, -0.2) is 58.9 Å². The summed E-state index contributed by atoms with van der Waals surface area (Å²) in [4.78, 5) is 29.8. The fourth-order valence-corrected chi connectivity index (χ4v) is 4.43. The maximum Gasteiger partial charge on any atom is 0.246 e. The maximum atomic E-state index is 12.9. The van der Waals surface area contributed by atoms with E-state index in [1.807, 2.05) is 11.8 Å². The molecule has 5 heteroatoms. The van der Waals surface area contributed by atoms with Gasteiger partial charge in [0.1, 0.15) is 12.1 Å². The Hall–Kier alpha value is -1.10. The van der Waals surface area contributed by atoms with E-state index >= 15 is 0 Å². The molecule has 5 nitrogen and oxygen atoms in total. The van der Waals surface area contributed by atoms with Gasteiger partial charge in [0, 0.05) is 18.6 Å². The fraction of sp³-hybridized carbons (Fsp3) is 0.875. The monoisotopic (exact) mass is 293 g/mol. The average Bonchev–Trinajstić information content (AvgIpc) is 3.05. The highest BCUT2D eigenvalue weighted by Crippen LogP contribution is 2.34. The Morgan fingerprint density at radius 3 is 2.67 bits per heavy atom. The normalized spacial score (nSPS) is 37.0. The average molecular weight is 293 g/mol. The van der Waals surface area contributed by atoms with Crippen LogP contribution in [0.4, 0.5) is 0 Å². The van der Waals surface area contributed by atoms with Crippen molar-refractivity contribution >= 4 is 11.8 Å². The van der Waals surface area contributed by atoms with Crippen LogP contribution < -0.4 is 5.32 Å². The van der Waals surface area contributed by atoms with Crippen molar-refractivity contribution in [3.63, 3.8) is 0 Å². The zero-order chi connectivity index (χ0) is 15.0. The highest BCUT2D eigenvalue weighted by Gasteiger charge is 2.48. The van der Waals surface area contributed by atoms with E-state index in [0.717, 1.165) is 32.4 Å². The molecule has 0 saturated carbocycles. The van der Waals surface area contributed by atoms with Crippen LogP contribution in [0.15, 0.2) is 0 Å². The van der Waals surface area contributed by atoms with Crippen LogP contribution >= 0.6 is 0 Å². The Balaban J connectivity index is 1.84. The molecule has 0 aromatic heterocycles. The van der Waals surface area contributed by atoms with Gasteiger partial charge < -0.3 is 10.2 Å². The van der Waals surface area contributed by atoms with E-state index in [1.165, 1.54) is 12.8 Å². The molecule has 0 bridgehead atoms. The Kier molecular flexibility index (Phi) is 4.20. The number of carbonyl (C=O) groups excluding carboxylic acids is 2. The molecule has 3 heterocycles. The van der Waals surface area contributed by atoms with E-state index < -0.39 is 0 Å². The summed E-state index contributed by atoms with van der Waals surface area (Å²) >= 11 is 0. The second-order valence-electron chi connectivity index (χ2n) is 6.62. The summed E-state index contributed by atoms with van der Waals surface area (Å²) in [5, 5.41) is 2.94. The molecule has 3 saturated heterocycles. The smallest absolute Gasteiger partial charge is 0.246 e. The number of nitrogens with zero attached hydrogens (tertiary/aromatic N) is 2. The van der Waals surface area contributed by atoms with Crippen molar-refractivity contribution in [2.45, 2.75) is 76.5 Å². The highest BCUT2D eigenvalue weighted by atomic mass is 16.2. The fourth-order valence-electron chi connectivity index (χ4n) is 4.43. The number of fused-ring (bicyclic) bond motifs is 1. The number of amides is 2. The SMILES string of the molecule is CCCC1NC(=O)C(CC)N(C2CCN3CCCC23)C1=O. The van der Waals surface area contributed by atoms with E-state index in [2.05, 4.69) is 17.1 Å². The van der Waals surface area contributed by atoms with Gasteiger partial charge in [-0.3, -0.25) is 14.5 Å². The van der Waals surface area contributed by atoms with Crippen molar-refractivity contribution in [3.8, 4) is 0 Å². The van der Waals surface area contributed by atoms with E-state index in [0.29, 0.717) is 12.5 Å².